The number of aromatic nitrogens is 2. The summed E-state index contributed by atoms with van der Waals surface area (Å²) in [5, 5.41) is 3.99. The first-order valence-corrected chi connectivity index (χ1v) is 4.46. The van der Waals surface area contributed by atoms with Gasteiger partial charge in [-0.3, -0.25) is 4.68 Å². The number of hydrogen-bond acceptors (Lipinski definition) is 4. The van der Waals surface area contributed by atoms with Gasteiger partial charge in [-0.1, -0.05) is 0 Å². The Morgan fingerprint density at radius 2 is 2.43 bits per heavy atom. The fourth-order valence-electron chi connectivity index (χ4n) is 0.991. The highest BCUT2D eigenvalue weighted by Crippen LogP contribution is 2.00. The van der Waals surface area contributed by atoms with Gasteiger partial charge < -0.3 is 9.47 Å². The van der Waals surface area contributed by atoms with Crippen LogP contribution in [0.3, 0.4) is 0 Å². The van der Waals surface area contributed by atoms with Crippen molar-refractivity contribution in [2.75, 3.05) is 20.3 Å². The Kier molecular flexibility index (Phi) is 4.12. The second-order valence-electron chi connectivity index (χ2n) is 2.71. The Labute approximate surface area is 82.6 Å². The lowest BCUT2D eigenvalue weighted by molar-refractivity contribution is 0.0526. The molecule has 1 aromatic rings. The zero-order valence-corrected chi connectivity index (χ0v) is 8.40. The minimum Gasteiger partial charge on any atom is -0.462 e. The van der Waals surface area contributed by atoms with Crippen molar-refractivity contribution in [1.82, 2.24) is 9.78 Å². The van der Waals surface area contributed by atoms with Crippen molar-refractivity contribution in [1.29, 1.82) is 0 Å². The predicted octanol–water partition coefficient (Wildman–Crippen LogP) is 0.706. The summed E-state index contributed by atoms with van der Waals surface area (Å²) in [5.41, 5.74) is 0.475. The third kappa shape index (κ3) is 2.85. The minimum absolute atomic E-state index is 0.337. The monoisotopic (exact) mass is 198 g/mol. The zero-order chi connectivity index (χ0) is 10.4. The van der Waals surface area contributed by atoms with Gasteiger partial charge in [-0.05, 0) is 6.92 Å². The third-order valence-corrected chi connectivity index (χ3v) is 1.67. The van der Waals surface area contributed by atoms with Gasteiger partial charge in [0.25, 0.3) is 0 Å². The van der Waals surface area contributed by atoms with Crippen LogP contribution in [0.1, 0.15) is 17.3 Å². The maximum absolute atomic E-state index is 11.2. The summed E-state index contributed by atoms with van der Waals surface area (Å²) >= 11 is 0. The van der Waals surface area contributed by atoms with Crippen molar-refractivity contribution < 1.29 is 14.3 Å². The Balaban J connectivity index is 2.54. The maximum atomic E-state index is 11.2. The van der Waals surface area contributed by atoms with Crippen LogP contribution < -0.4 is 0 Å². The lowest BCUT2D eigenvalue weighted by Gasteiger charge is -1.98. The molecule has 1 rings (SSSR count). The van der Waals surface area contributed by atoms with Crippen molar-refractivity contribution in [2.24, 2.45) is 0 Å². The minimum atomic E-state index is -0.337. The van der Waals surface area contributed by atoms with E-state index in [4.69, 9.17) is 9.47 Å². The van der Waals surface area contributed by atoms with Crippen molar-refractivity contribution in [2.45, 2.75) is 13.5 Å². The van der Waals surface area contributed by atoms with Gasteiger partial charge in [-0.2, -0.15) is 5.10 Å². The molecular weight excluding hydrogens is 184 g/mol. The van der Waals surface area contributed by atoms with Gasteiger partial charge in [-0.15, -0.1) is 0 Å². The molecule has 0 saturated heterocycles. The fraction of sp³-hybridized carbons (Fsp3) is 0.556. The first-order chi connectivity index (χ1) is 6.77. The van der Waals surface area contributed by atoms with Gasteiger partial charge in [0, 0.05) is 13.3 Å². The lowest BCUT2D eigenvalue weighted by Crippen LogP contribution is -2.05. The molecule has 14 heavy (non-hydrogen) atoms. The Morgan fingerprint density at radius 3 is 3.07 bits per heavy atom. The summed E-state index contributed by atoms with van der Waals surface area (Å²) < 4.78 is 11.4. The molecule has 0 fully saturated rings. The van der Waals surface area contributed by atoms with Gasteiger partial charge in [0.2, 0.25) is 0 Å². The van der Waals surface area contributed by atoms with Gasteiger partial charge in [0.1, 0.15) is 0 Å². The van der Waals surface area contributed by atoms with E-state index in [0.717, 1.165) is 0 Å². The standard InChI is InChI=1S/C9H14N2O3/c1-3-14-9(12)8-6-10-11(7-8)4-5-13-2/h6-7H,3-5H2,1-2H3. The van der Waals surface area contributed by atoms with Gasteiger partial charge in [-0.25, -0.2) is 4.79 Å². The Morgan fingerprint density at radius 1 is 1.64 bits per heavy atom. The summed E-state index contributed by atoms with van der Waals surface area (Å²) in [7, 11) is 1.62. The highest BCUT2D eigenvalue weighted by Gasteiger charge is 2.08. The summed E-state index contributed by atoms with van der Waals surface area (Å²) in [6, 6.07) is 0. The van der Waals surface area contributed by atoms with E-state index >= 15 is 0 Å². The van der Waals surface area contributed by atoms with Crippen LogP contribution in [-0.4, -0.2) is 36.1 Å². The summed E-state index contributed by atoms with van der Waals surface area (Å²) in [6.45, 7) is 3.36. The van der Waals surface area contributed by atoms with Crippen LogP contribution in [0.2, 0.25) is 0 Å². The van der Waals surface area contributed by atoms with Crippen molar-refractivity contribution in [3.63, 3.8) is 0 Å². The van der Waals surface area contributed by atoms with E-state index in [0.29, 0.717) is 25.3 Å². The molecule has 0 saturated carbocycles. The summed E-state index contributed by atoms with van der Waals surface area (Å²) in [5.74, 6) is -0.337. The molecule has 5 nitrogen and oxygen atoms in total. The number of ether oxygens (including phenoxy) is 2. The average Bonchev–Trinajstić information content (AvgIpc) is 2.63. The number of rotatable bonds is 5. The molecule has 0 bridgehead atoms. The molecule has 0 spiro atoms. The van der Waals surface area contributed by atoms with E-state index < -0.39 is 0 Å². The molecule has 0 unspecified atom stereocenters. The first-order valence-electron chi connectivity index (χ1n) is 4.46. The van der Waals surface area contributed by atoms with Crippen LogP contribution in [0, 0.1) is 0 Å². The molecule has 0 N–H and O–H groups in total. The average molecular weight is 198 g/mol. The maximum Gasteiger partial charge on any atom is 0.341 e. The SMILES string of the molecule is CCOC(=O)c1cnn(CCOC)c1. The second-order valence-corrected chi connectivity index (χ2v) is 2.71. The Hall–Kier alpha value is -1.36. The van der Waals surface area contributed by atoms with Gasteiger partial charge in [0.15, 0.2) is 0 Å². The number of nitrogens with zero attached hydrogens (tertiary/aromatic N) is 2. The number of hydrogen-bond donors (Lipinski definition) is 0. The van der Waals surface area contributed by atoms with E-state index in [1.54, 1.807) is 24.9 Å². The highest BCUT2D eigenvalue weighted by molar-refractivity contribution is 5.88. The highest BCUT2D eigenvalue weighted by atomic mass is 16.5. The molecule has 0 amide bonds. The molecule has 0 radical (unpaired) electrons. The molecule has 1 aromatic heterocycles. The van der Waals surface area contributed by atoms with Crippen LogP contribution in [0.4, 0.5) is 0 Å². The van der Waals surface area contributed by atoms with Crippen LogP contribution in [-0.2, 0) is 16.0 Å². The van der Waals surface area contributed by atoms with E-state index in [9.17, 15) is 4.79 Å². The second kappa shape index (κ2) is 5.39. The van der Waals surface area contributed by atoms with E-state index in [2.05, 4.69) is 5.10 Å². The number of carbonyl (C=O) groups is 1. The van der Waals surface area contributed by atoms with Gasteiger partial charge >= 0.3 is 5.97 Å². The largest absolute Gasteiger partial charge is 0.462 e. The molecule has 78 valence electrons. The third-order valence-electron chi connectivity index (χ3n) is 1.67. The lowest BCUT2D eigenvalue weighted by atomic mass is 10.4. The van der Waals surface area contributed by atoms with E-state index in [1.807, 2.05) is 0 Å². The molecule has 0 atom stereocenters. The summed E-state index contributed by atoms with van der Waals surface area (Å²) in [4.78, 5) is 11.2. The van der Waals surface area contributed by atoms with Crippen molar-refractivity contribution in [3.8, 4) is 0 Å². The fourth-order valence-corrected chi connectivity index (χ4v) is 0.991. The smallest absolute Gasteiger partial charge is 0.341 e. The number of methoxy groups -OCH3 is 1. The predicted molar refractivity (Wildman–Crippen MR) is 50.1 cm³/mol. The first kappa shape index (κ1) is 10.7. The molecular formula is C9H14N2O3. The van der Waals surface area contributed by atoms with Gasteiger partial charge in [0.05, 0.1) is 31.5 Å². The van der Waals surface area contributed by atoms with Crippen LogP contribution >= 0.6 is 0 Å². The molecule has 5 heteroatoms. The molecule has 0 aromatic carbocycles. The molecule has 0 aliphatic carbocycles. The summed E-state index contributed by atoms with van der Waals surface area (Å²) in [6.07, 6.45) is 3.14. The number of esters is 1. The van der Waals surface area contributed by atoms with Crippen molar-refractivity contribution >= 4 is 5.97 Å². The molecule has 0 aliphatic heterocycles. The molecule has 1 heterocycles. The van der Waals surface area contributed by atoms with E-state index in [1.165, 1.54) is 6.20 Å². The zero-order valence-electron chi connectivity index (χ0n) is 8.40. The van der Waals surface area contributed by atoms with Crippen molar-refractivity contribution in [3.05, 3.63) is 18.0 Å². The molecule has 0 aliphatic rings. The van der Waals surface area contributed by atoms with E-state index in [-0.39, 0.29) is 5.97 Å². The van der Waals surface area contributed by atoms with Crippen LogP contribution in [0.5, 0.6) is 0 Å². The Bertz CT molecular complexity index is 296. The quantitative estimate of drug-likeness (QED) is 0.654. The van der Waals surface area contributed by atoms with Crippen LogP contribution in [0.25, 0.3) is 0 Å². The van der Waals surface area contributed by atoms with Crippen LogP contribution in [0.15, 0.2) is 12.4 Å². The topological polar surface area (TPSA) is 53.3 Å². The number of carbonyl (C=O) groups excluding carboxylic acids is 1. The normalized spacial score (nSPS) is 10.1.